The van der Waals surface area contributed by atoms with Gasteiger partial charge in [-0.15, -0.1) is 0 Å². The SMILES string of the molecule is CSCCC(NC(=O)C(CCC(=O)O)NC(=O)C(N)Cc1c[nH]c2ccccc12)C(=O)NC(CC(=O)O)C(=O)O. The lowest BCUT2D eigenvalue weighted by atomic mass is 10.0. The Hall–Kier alpha value is -4.11. The van der Waals surface area contributed by atoms with Crippen LogP contribution in [0.4, 0.5) is 0 Å². The zero-order chi connectivity index (χ0) is 29.8. The third-order valence-corrected chi connectivity index (χ3v) is 6.61. The summed E-state index contributed by atoms with van der Waals surface area (Å²) >= 11 is 1.34. The number of hydrogen-bond acceptors (Lipinski definition) is 8. The van der Waals surface area contributed by atoms with Gasteiger partial charge in [0.05, 0.1) is 12.5 Å². The zero-order valence-corrected chi connectivity index (χ0v) is 22.5. The highest BCUT2D eigenvalue weighted by Gasteiger charge is 2.31. The van der Waals surface area contributed by atoms with E-state index in [0.29, 0.717) is 5.75 Å². The number of carboxylic acid groups (broad SMARTS) is 3. The fourth-order valence-electron chi connectivity index (χ4n) is 3.87. The van der Waals surface area contributed by atoms with Crippen molar-refractivity contribution in [2.45, 2.75) is 56.3 Å². The molecule has 0 aliphatic heterocycles. The number of aliphatic carboxylic acids is 3. The number of amides is 3. The summed E-state index contributed by atoms with van der Waals surface area (Å²) in [4.78, 5) is 75.4. The number of carbonyl (C=O) groups excluding carboxylic acids is 3. The van der Waals surface area contributed by atoms with Crippen molar-refractivity contribution in [1.29, 1.82) is 0 Å². The molecule has 2 aromatic rings. The van der Waals surface area contributed by atoms with Crippen molar-refractivity contribution in [2.24, 2.45) is 5.73 Å². The number of thioether (sulfide) groups is 1. The summed E-state index contributed by atoms with van der Waals surface area (Å²) in [6, 6.07) is 1.95. The quantitative estimate of drug-likeness (QED) is 0.121. The van der Waals surface area contributed by atoms with Gasteiger partial charge in [0, 0.05) is 23.5 Å². The van der Waals surface area contributed by atoms with E-state index in [-0.39, 0.29) is 19.3 Å². The number of carbonyl (C=O) groups is 6. The largest absolute Gasteiger partial charge is 0.481 e. The molecule has 0 radical (unpaired) electrons. The average Bonchev–Trinajstić information content (AvgIpc) is 3.30. The van der Waals surface area contributed by atoms with Crippen LogP contribution in [0.3, 0.4) is 0 Å². The molecule has 40 heavy (non-hydrogen) atoms. The fraction of sp³-hybridized carbons (Fsp3) is 0.440. The van der Waals surface area contributed by atoms with Gasteiger partial charge >= 0.3 is 17.9 Å². The lowest BCUT2D eigenvalue weighted by Crippen LogP contribution is -2.57. The molecule has 0 aliphatic carbocycles. The maximum Gasteiger partial charge on any atom is 0.326 e. The van der Waals surface area contributed by atoms with Gasteiger partial charge in [-0.2, -0.15) is 11.8 Å². The second-order valence-electron chi connectivity index (χ2n) is 9.00. The Morgan fingerprint density at radius 3 is 2.08 bits per heavy atom. The van der Waals surface area contributed by atoms with Crippen LogP contribution in [-0.4, -0.2) is 92.1 Å². The highest BCUT2D eigenvalue weighted by molar-refractivity contribution is 7.98. The summed E-state index contributed by atoms with van der Waals surface area (Å²) in [6.45, 7) is 0. The second-order valence-corrected chi connectivity index (χ2v) is 9.99. The molecule has 15 heteroatoms. The molecule has 2 rings (SSSR count). The first kappa shape index (κ1) is 32.1. The normalized spacial score (nSPS) is 13.9. The molecule has 1 aromatic carbocycles. The number of rotatable bonds is 17. The van der Waals surface area contributed by atoms with Crippen LogP contribution in [0.25, 0.3) is 10.9 Å². The molecule has 3 amide bonds. The predicted molar refractivity (Wildman–Crippen MR) is 146 cm³/mol. The van der Waals surface area contributed by atoms with Crippen molar-refractivity contribution in [3.05, 3.63) is 36.0 Å². The number of aromatic nitrogens is 1. The van der Waals surface area contributed by atoms with Crippen molar-refractivity contribution in [3.8, 4) is 0 Å². The minimum atomic E-state index is -1.73. The molecular weight excluding hydrogens is 546 g/mol. The lowest BCUT2D eigenvalue weighted by molar-refractivity contribution is -0.147. The Labute approximate surface area is 233 Å². The minimum Gasteiger partial charge on any atom is -0.481 e. The summed E-state index contributed by atoms with van der Waals surface area (Å²) in [7, 11) is 0. The van der Waals surface area contributed by atoms with Crippen molar-refractivity contribution in [2.75, 3.05) is 12.0 Å². The van der Waals surface area contributed by atoms with Gasteiger partial charge in [-0.25, -0.2) is 4.79 Å². The molecule has 0 fully saturated rings. The number of nitrogens with two attached hydrogens (primary N) is 1. The molecule has 1 heterocycles. The molecule has 14 nitrogen and oxygen atoms in total. The highest BCUT2D eigenvalue weighted by Crippen LogP contribution is 2.19. The van der Waals surface area contributed by atoms with Gasteiger partial charge in [0.1, 0.15) is 18.1 Å². The molecule has 0 saturated heterocycles. The molecule has 9 N–H and O–H groups in total. The van der Waals surface area contributed by atoms with Gasteiger partial charge in [-0.3, -0.25) is 24.0 Å². The van der Waals surface area contributed by atoms with Crippen LogP contribution in [0, 0.1) is 0 Å². The summed E-state index contributed by atoms with van der Waals surface area (Å²) in [5.74, 6) is -6.38. The minimum absolute atomic E-state index is 0.0534. The first-order valence-electron chi connectivity index (χ1n) is 12.3. The Balaban J connectivity index is 2.15. The van der Waals surface area contributed by atoms with Crippen LogP contribution in [0.15, 0.2) is 30.5 Å². The highest BCUT2D eigenvalue weighted by atomic mass is 32.2. The third-order valence-electron chi connectivity index (χ3n) is 5.97. The number of H-pyrrole nitrogens is 1. The summed E-state index contributed by atoms with van der Waals surface area (Å²) in [6.07, 6.45) is 1.98. The first-order valence-corrected chi connectivity index (χ1v) is 13.7. The van der Waals surface area contributed by atoms with E-state index in [0.717, 1.165) is 16.5 Å². The fourth-order valence-corrected chi connectivity index (χ4v) is 4.34. The Morgan fingerprint density at radius 2 is 1.48 bits per heavy atom. The van der Waals surface area contributed by atoms with Gasteiger partial charge in [0.15, 0.2) is 0 Å². The van der Waals surface area contributed by atoms with E-state index in [2.05, 4.69) is 20.9 Å². The molecule has 1 aromatic heterocycles. The van der Waals surface area contributed by atoms with E-state index in [1.54, 1.807) is 12.5 Å². The molecular formula is C25H33N5O9S. The molecule has 0 saturated carbocycles. The topological polar surface area (TPSA) is 241 Å². The van der Waals surface area contributed by atoms with E-state index >= 15 is 0 Å². The van der Waals surface area contributed by atoms with Gasteiger partial charge < -0.3 is 42.0 Å². The Morgan fingerprint density at radius 1 is 0.875 bits per heavy atom. The van der Waals surface area contributed by atoms with E-state index in [9.17, 15) is 33.9 Å². The van der Waals surface area contributed by atoms with Gasteiger partial charge in [-0.05, 0) is 42.9 Å². The average molecular weight is 580 g/mol. The standard InChI is InChI=1S/C25H33N5O9S/c1-40-9-8-18(24(37)30-19(25(38)39)11-21(33)34)29-23(36)17(6-7-20(31)32)28-22(35)15(26)10-13-12-27-16-5-3-2-4-14(13)16/h2-5,12,15,17-19,27H,6-11,26H2,1H3,(H,28,35)(H,29,36)(H,30,37)(H,31,32)(H,33,34)(H,38,39). The number of fused-ring (bicyclic) bond motifs is 1. The first-order chi connectivity index (χ1) is 18.9. The van der Waals surface area contributed by atoms with Crippen LogP contribution >= 0.6 is 11.8 Å². The monoisotopic (exact) mass is 579 g/mol. The summed E-state index contributed by atoms with van der Waals surface area (Å²) in [5.41, 5.74) is 7.72. The molecule has 0 aliphatic rings. The Kier molecular flexibility index (Phi) is 12.4. The summed E-state index contributed by atoms with van der Waals surface area (Å²) in [5, 5.41) is 35.1. The predicted octanol–water partition coefficient (Wildman–Crippen LogP) is -0.331. The maximum atomic E-state index is 13.1. The van der Waals surface area contributed by atoms with Gasteiger partial charge in [0.25, 0.3) is 0 Å². The number of nitrogens with one attached hydrogen (secondary N) is 4. The Bertz CT molecular complexity index is 1230. The zero-order valence-electron chi connectivity index (χ0n) is 21.7. The van der Waals surface area contributed by atoms with Crippen LogP contribution in [0.5, 0.6) is 0 Å². The van der Waals surface area contributed by atoms with E-state index in [4.69, 9.17) is 15.9 Å². The van der Waals surface area contributed by atoms with Crippen LogP contribution in [0.1, 0.15) is 31.2 Å². The van der Waals surface area contributed by atoms with Crippen LogP contribution < -0.4 is 21.7 Å². The number of carboxylic acids is 3. The van der Waals surface area contributed by atoms with Crippen molar-refractivity contribution in [1.82, 2.24) is 20.9 Å². The number of benzene rings is 1. The van der Waals surface area contributed by atoms with E-state index < -0.39 is 72.6 Å². The third kappa shape index (κ3) is 9.89. The number of para-hydroxylation sites is 1. The maximum absolute atomic E-state index is 13.1. The molecule has 0 bridgehead atoms. The van der Waals surface area contributed by atoms with Crippen LogP contribution in [0.2, 0.25) is 0 Å². The van der Waals surface area contributed by atoms with Crippen LogP contribution in [-0.2, 0) is 35.2 Å². The van der Waals surface area contributed by atoms with Crippen molar-refractivity contribution in [3.63, 3.8) is 0 Å². The molecule has 4 atom stereocenters. The summed E-state index contributed by atoms with van der Waals surface area (Å²) < 4.78 is 0. The number of hydrogen-bond donors (Lipinski definition) is 8. The van der Waals surface area contributed by atoms with Gasteiger partial charge in [0.2, 0.25) is 17.7 Å². The van der Waals surface area contributed by atoms with E-state index in [1.165, 1.54) is 11.8 Å². The molecule has 0 spiro atoms. The molecule has 4 unspecified atom stereocenters. The van der Waals surface area contributed by atoms with Crippen molar-refractivity contribution < 1.29 is 44.1 Å². The van der Waals surface area contributed by atoms with Crippen molar-refractivity contribution >= 4 is 58.3 Å². The smallest absolute Gasteiger partial charge is 0.326 e. The second kappa shape index (κ2) is 15.5. The lowest BCUT2D eigenvalue weighted by Gasteiger charge is -2.25. The van der Waals surface area contributed by atoms with Gasteiger partial charge in [-0.1, -0.05) is 18.2 Å². The van der Waals surface area contributed by atoms with E-state index in [1.807, 2.05) is 24.3 Å². The number of aromatic amines is 1. The molecule has 218 valence electrons.